The van der Waals surface area contributed by atoms with E-state index in [9.17, 15) is 9.59 Å². The molecule has 0 bridgehead atoms. The van der Waals surface area contributed by atoms with Gasteiger partial charge in [0, 0.05) is 17.4 Å². The number of carbonyl (C=O) groups excluding carboxylic acids is 1. The number of rotatable bonds is 8. The van der Waals surface area contributed by atoms with Gasteiger partial charge in [-0.05, 0) is 49.6 Å². The average Bonchev–Trinajstić information content (AvgIpc) is 3.30. The molecule has 0 radical (unpaired) electrons. The molecule has 4 aromatic rings. The van der Waals surface area contributed by atoms with Crippen molar-refractivity contribution in [3.63, 3.8) is 0 Å². The number of nitrogens with zero attached hydrogens (tertiary/aromatic N) is 3. The van der Waals surface area contributed by atoms with Crippen LogP contribution in [0.1, 0.15) is 30.9 Å². The smallest absolute Gasteiger partial charge is 0.263 e. The van der Waals surface area contributed by atoms with Crippen LogP contribution in [0.2, 0.25) is 0 Å². The van der Waals surface area contributed by atoms with Crippen LogP contribution in [0.3, 0.4) is 0 Å². The molecule has 4 rings (SSSR count). The Kier molecular flexibility index (Phi) is 6.78. The lowest BCUT2D eigenvalue weighted by Crippen LogP contribution is -2.28. The molecule has 7 nitrogen and oxygen atoms in total. The second-order valence-electron chi connectivity index (χ2n) is 7.99. The normalized spacial score (nSPS) is 10.8. The molecule has 2 heterocycles. The fourth-order valence-corrected chi connectivity index (χ4v) is 3.47. The van der Waals surface area contributed by atoms with Gasteiger partial charge in [-0.2, -0.15) is 4.98 Å². The number of hydrogen-bond donors (Lipinski definition) is 1. The number of anilines is 1. The SMILES string of the molecule is CCCCc1ccc(NC(=O)Cn2cccc(-c3nc(-c4ccc(C)cc4)no3)c2=O)cc1. The van der Waals surface area contributed by atoms with E-state index in [1.54, 1.807) is 18.3 Å². The largest absolute Gasteiger partial charge is 0.333 e. The van der Waals surface area contributed by atoms with Gasteiger partial charge >= 0.3 is 0 Å². The van der Waals surface area contributed by atoms with Crippen LogP contribution in [0.15, 0.2) is 76.2 Å². The third-order valence-corrected chi connectivity index (χ3v) is 5.36. The van der Waals surface area contributed by atoms with Crippen molar-refractivity contribution in [2.75, 3.05) is 5.32 Å². The fraction of sp³-hybridized carbons (Fsp3) is 0.231. The minimum Gasteiger partial charge on any atom is -0.333 e. The summed E-state index contributed by atoms with van der Waals surface area (Å²) in [6, 6.07) is 18.8. The first kappa shape index (κ1) is 22.2. The van der Waals surface area contributed by atoms with Crippen LogP contribution in [0.25, 0.3) is 22.8 Å². The molecule has 168 valence electrons. The predicted molar refractivity (Wildman–Crippen MR) is 128 cm³/mol. The Labute approximate surface area is 192 Å². The minimum atomic E-state index is -0.373. The zero-order valence-corrected chi connectivity index (χ0v) is 18.7. The highest BCUT2D eigenvalue weighted by Crippen LogP contribution is 2.20. The molecule has 0 saturated carbocycles. The van der Waals surface area contributed by atoms with Crippen molar-refractivity contribution in [1.29, 1.82) is 0 Å². The Hall–Kier alpha value is -4.00. The number of aromatic nitrogens is 3. The third kappa shape index (κ3) is 5.44. The highest BCUT2D eigenvalue weighted by Gasteiger charge is 2.16. The zero-order chi connectivity index (χ0) is 23.2. The topological polar surface area (TPSA) is 90.0 Å². The lowest BCUT2D eigenvalue weighted by molar-refractivity contribution is -0.116. The van der Waals surface area contributed by atoms with Crippen molar-refractivity contribution in [2.45, 2.75) is 39.7 Å². The molecule has 0 unspecified atom stereocenters. The quantitative estimate of drug-likeness (QED) is 0.421. The van der Waals surface area contributed by atoms with Crippen LogP contribution in [-0.4, -0.2) is 20.6 Å². The molecule has 0 fully saturated rings. The Morgan fingerprint density at radius 3 is 2.55 bits per heavy atom. The molecule has 2 aromatic carbocycles. The molecule has 0 aliphatic carbocycles. The Morgan fingerprint density at radius 2 is 1.82 bits per heavy atom. The maximum atomic E-state index is 12.9. The highest BCUT2D eigenvalue weighted by molar-refractivity contribution is 5.90. The third-order valence-electron chi connectivity index (χ3n) is 5.36. The first-order valence-corrected chi connectivity index (χ1v) is 11.0. The second-order valence-corrected chi connectivity index (χ2v) is 7.99. The summed E-state index contributed by atoms with van der Waals surface area (Å²) in [5, 5.41) is 6.83. The van der Waals surface area contributed by atoms with Gasteiger partial charge < -0.3 is 14.4 Å². The molecule has 0 aliphatic heterocycles. The van der Waals surface area contributed by atoms with Crippen LogP contribution in [0.4, 0.5) is 5.69 Å². The highest BCUT2D eigenvalue weighted by atomic mass is 16.5. The van der Waals surface area contributed by atoms with Crippen LogP contribution in [-0.2, 0) is 17.8 Å². The monoisotopic (exact) mass is 442 g/mol. The number of aryl methyl sites for hydroxylation is 2. The molecular formula is C26H26N4O3. The van der Waals surface area contributed by atoms with E-state index in [1.165, 1.54) is 10.1 Å². The average molecular weight is 443 g/mol. The number of pyridine rings is 1. The van der Waals surface area contributed by atoms with E-state index in [1.807, 2.05) is 55.5 Å². The van der Waals surface area contributed by atoms with E-state index in [4.69, 9.17) is 4.52 Å². The van der Waals surface area contributed by atoms with Crippen LogP contribution < -0.4 is 10.9 Å². The molecule has 7 heteroatoms. The molecule has 1 amide bonds. The van der Waals surface area contributed by atoms with E-state index in [-0.39, 0.29) is 29.5 Å². The Bertz CT molecular complexity index is 1290. The van der Waals surface area contributed by atoms with Gasteiger partial charge in [-0.3, -0.25) is 9.59 Å². The van der Waals surface area contributed by atoms with Crippen molar-refractivity contribution in [3.8, 4) is 22.8 Å². The van der Waals surface area contributed by atoms with Crippen molar-refractivity contribution < 1.29 is 9.32 Å². The molecule has 0 spiro atoms. The Morgan fingerprint density at radius 1 is 1.06 bits per heavy atom. The molecular weight excluding hydrogens is 416 g/mol. The summed E-state index contributed by atoms with van der Waals surface area (Å²) in [7, 11) is 0. The number of benzene rings is 2. The predicted octanol–water partition coefficient (Wildman–Crippen LogP) is 4.86. The molecule has 1 N–H and O–H groups in total. The van der Waals surface area contributed by atoms with Gasteiger partial charge in [-0.15, -0.1) is 0 Å². The summed E-state index contributed by atoms with van der Waals surface area (Å²) >= 11 is 0. The lowest BCUT2D eigenvalue weighted by Gasteiger charge is -2.09. The lowest BCUT2D eigenvalue weighted by atomic mass is 10.1. The summed E-state index contributed by atoms with van der Waals surface area (Å²) in [6.07, 6.45) is 4.87. The summed E-state index contributed by atoms with van der Waals surface area (Å²) in [4.78, 5) is 29.8. The van der Waals surface area contributed by atoms with E-state index in [2.05, 4.69) is 22.4 Å². The van der Waals surface area contributed by atoms with Gasteiger partial charge in [0.25, 0.3) is 11.4 Å². The van der Waals surface area contributed by atoms with Crippen LogP contribution >= 0.6 is 0 Å². The second kappa shape index (κ2) is 10.1. The van der Waals surface area contributed by atoms with Crippen LogP contribution in [0, 0.1) is 6.92 Å². The van der Waals surface area contributed by atoms with Gasteiger partial charge in [-0.1, -0.05) is 60.5 Å². The number of hydrogen-bond acceptors (Lipinski definition) is 5. The Balaban J connectivity index is 1.47. The van der Waals surface area contributed by atoms with Gasteiger partial charge in [0.05, 0.1) is 0 Å². The van der Waals surface area contributed by atoms with E-state index >= 15 is 0 Å². The van der Waals surface area contributed by atoms with Crippen LogP contribution in [0.5, 0.6) is 0 Å². The summed E-state index contributed by atoms with van der Waals surface area (Å²) in [5.74, 6) is 0.231. The van der Waals surface area contributed by atoms with Gasteiger partial charge in [0.15, 0.2) is 0 Å². The number of nitrogens with one attached hydrogen (secondary N) is 1. The van der Waals surface area contributed by atoms with Gasteiger partial charge in [-0.25, -0.2) is 0 Å². The van der Waals surface area contributed by atoms with Gasteiger partial charge in [0.1, 0.15) is 12.1 Å². The van der Waals surface area contributed by atoms with Crippen molar-refractivity contribution >= 4 is 11.6 Å². The maximum absolute atomic E-state index is 12.9. The first-order chi connectivity index (χ1) is 16.0. The number of amides is 1. The van der Waals surface area contributed by atoms with Crippen molar-refractivity contribution in [3.05, 3.63) is 88.3 Å². The molecule has 33 heavy (non-hydrogen) atoms. The minimum absolute atomic E-state index is 0.119. The molecule has 0 saturated heterocycles. The molecule has 0 aliphatic rings. The van der Waals surface area contributed by atoms with Crippen molar-refractivity contribution in [1.82, 2.24) is 14.7 Å². The fourth-order valence-electron chi connectivity index (χ4n) is 3.47. The molecule has 2 aromatic heterocycles. The van der Waals surface area contributed by atoms with E-state index in [0.29, 0.717) is 11.5 Å². The van der Waals surface area contributed by atoms with E-state index in [0.717, 1.165) is 30.4 Å². The van der Waals surface area contributed by atoms with Crippen molar-refractivity contribution in [2.24, 2.45) is 0 Å². The van der Waals surface area contributed by atoms with Gasteiger partial charge in [0.2, 0.25) is 11.7 Å². The summed E-state index contributed by atoms with van der Waals surface area (Å²) < 4.78 is 6.67. The molecule has 0 atom stereocenters. The summed E-state index contributed by atoms with van der Waals surface area (Å²) in [6.45, 7) is 4.03. The number of unbranched alkanes of at least 4 members (excludes halogenated alkanes) is 1. The number of carbonyl (C=O) groups is 1. The zero-order valence-electron chi connectivity index (χ0n) is 18.7. The summed E-state index contributed by atoms with van der Waals surface area (Å²) in [5.41, 5.74) is 3.73. The first-order valence-electron chi connectivity index (χ1n) is 11.0. The maximum Gasteiger partial charge on any atom is 0.263 e. The van der Waals surface area contributed by atoms with E-state index < -0.39 is 0 Å². The standard InChI is InChI=1S/C26H26N4O3/c1-3-4-6-19-10-14-21(15-11-19)27-23(31)17-30-16-5-7-22(26(30)32)25-28-24(29-33-25)20-12-8-18(2)9-13-20/h5,7-16H,3-4,6,17H2,1-2H3,(H,27,31).